The molecule has 1 aromatic rings. The summed E-state index contributed by atoms with van der Waals surface area (Å²) in [7, 11) is 0. The summed E-state index contributed by atoms with van der Waals surface area (Å²) in [5, 5.41) is 2.73. The molecule has 4 nitrogen and oxygen atoms in total. The van der Waals surface area contributed by atoms with Crippen LogP contribution in [0.15, 0.2) is 30.3 Å². The highest BCUT2D eigenvalue weighted by Gasteiger charge is 1.99. The van der Waals surface area contributed by atoms with Gasteiger partial charge in [-0.3, -0.25) is 4.79 Å². The zero-order chi connectivity index (χ0) is 13.1. The summed E-state index contributed by atoms with van der Waals surface area (Å²) in [5.41, 5.74) is 6.56. The Morgan fingerprint density at radius 1 is 1.21 bits per heavy atom. The topological polar surface area (TPSA) is 64.3 Å². The predicted octanol–water partition coefficient (Wildman–Crippen LogP) is 1.52. The highest BCUT2D eigenvalue weighted by molar-refractivity contribution is 5.85. The van der Waals surface area contributed by atoms with Crippen molar-refractivity contribution in [3.63, 3.8) is 0 Å². The summed E-state index contributed by atoms with van der Waals surface area (Å²) in [6, 6.07) is 10.2. The third-order valence-corrected chi connectivity index (χ3v) is 2.54. The largest absolute Gasteiger partial charge is 0.381 e. The fourth-order valence-electron chi connectivity index (χ4n) is 1.57. The summed E-state index contributed by atoms with van der Waals surface area (Å²) in [6.45, 7) is 2.37. The van der Waals surface area contributed by atoms with Crippen LogP contribution >= 0.6 is 12.4 Å². The van der Waals surface area contributed by atoms with Crippen LogP contribution in [0, 0.1) is 0 Å². The number of rotatable bonds is 9. The first-order valence-corrected chi connectivity index (χ1v) is 6.41. The molecule has 0 saturated carbocycles. The van der Waals surface area contributed by atoms with Gasteiger partial charge in [0.2, 0.25) is 5.91 Å². The minimum atomic E-state index is 0. The van der Waals surface area contributed by atoms with E-state index in [1.165, 1.54) is 5.56 Å². The number of nitrogens with one attached hydrogen (secondary N) is 1. The van der Waals surface area contributed by atoms with E-state index < -0.39 is 0 Å². The average molecular weight is 287 g/mol. The van der Waals surface area contributed by atoms with Gasteiger partial charge in [-0.25, -0.2) is 0 Å². The van der Waals surface area contributed by atoms with Gasteiger partial charge < -0.3 is 15.8 Å². The summed E-state index contributed by atoms with van der Waals surface area (Å²) in [4.78, 5) is 11.2. The fourth-order valence-corrected chi connectivity index (χ4v) is 1.57. The van der Waals surface area contributed by atoms with Crippen LogP contribution < -0.4 is 11.1 Å². The van der Waals surface area contributed by atoms with E-state index >= 15 is 0 Å². The lowest BCUT2D eigenvalue weighted by Crippen LogP contribution is -2.28. The fraction of sp³-hybridized carbons (Fsp3) is 0.500. The van der Waals surface area contributed by atoms with E-state index in [0.717, 1.165) is 12.8 Å². The first-order valence-electron chi connectivity index (χ1n) is 6.41. The van der Waals surface area contributed by atoms with Crippen LogP contribution in [0.1, 0.15) is 18.4 Å². The van der Waals surface area contributed by atoms with Crippen molar-refractivity contribution in [2.24, 2.45) is 5.73 Å². The smallest absolute Gasteiger partial charge is 0.220 e. The van der Waals surface area contributed by atoms with Gasteiger partial charge in [0.05, 0.1) is 6.61 Å². The van der Waals surface area contributed by atoms with E-state index in [4.69, 9.17) is 10.5 Å². The number of nitrogens with two attached hydrogens (primary N) is 1. The highest BCUT2D eigenvalue weighted by Crippen LogP contribution is 2.00. The molecule has 0 aliphatic rings. The van der Waals surface area contributed by atoms with E-state index in [2.05, 4.69) is 17.4 Å². The predicted molar refractivity (Wildman–Crippen MR) is 79.5 cm³/mol. The van der Waals surface area contributed by atoms with Gasteiger partial charge in [-0.1, -0.05) is 30.3 Å². The number of amides is 1. The Morgan fingerprint density at radius 2 is 1.95 bits per heavy atom. The van der Waals surface area contributed by atoms with Gasteiger partial charge >= 0.3 is 0 Å². The molecule has 0 unspecified atom stereocenters. The number of hydrogen-bond donors (Lipinski definition) is 2. The van der Waals surface area contributed by atoms with E-state index in [9.17, 15) is 4.79 Å². The highest BCUT2D eigenvalue weighted by atomic mass is 35.5. The molecule has 0 fully saturated rings. The van der Waals surface area contributed by atoms with E-state index in [-0.39, 0.29) is 18.3 Å². The molecule has 3 N–H and O–H groups in total. The van der Waals surface area contributed by atoms with Crippen molar-refractivity contribution in [3.05, 3.63) is 35.9 Å². The van der Waals surface area contributed by atoms with Gasteiger partial charge in [0.15, 0.2) is 0 Å². The molecule has 0 saturated heterocycles. The van der Waals surface area contributed by atoms with Crippen LogP contribution in [0.4, 0.5) is 0 Å². The number of halogens is 1. The molecule has 1 amide bonds. The maximum Gasteiger partial charge on any atom is 0.220 e. The number of hydrogen-bond acceptors (Lipinski definition) is 3. The van der Waals surface area contributed by atoms with Crippen molar-refractivity contribution in [1.29, 1.82) is 0 Å². The standard InChI is InChI=1S/C14H22N2O2.ClH/c15-9-10-16-14(17)7-4-11-18-12-8-13-5-2-1-3-6-13;/h1-3,5-6H,4,7-12,15H2,(H,16,17);1H. The molecule has 19 heavy (non-hydrogen) atoms. The Bertz CT molecular complexity index is 333. The molecule has 1 rings (SSSR count). The van der Waals surface area contributed by atoms with E-state index in [1.807, 2.05) is 18.2 Å². The number of carbonyl (C=O) groups excluding carboxylic acids is 1. The molecule has 0 radical (unpaired) electrons. The molecule has 0 aliphatic heterocycles. The van der Waals surface area contributed by atoms with Crippen LogP contribution in [-0.2, 0) is 16.0 Å². The Kier molecular flexibility index (Phi) is 11.3. The van der Waals surface area contributed by atoms with Crippen LogP contribution in [0.2, 0.25) is 0 Å². The molecule has 5 heteroatoms. The Balaban J connectivity index is 0.00000324. The first kappa shape index (κ1) is 17.9. The molecule has 0 spiro atoms. The van der Waals surface area contributed by atoms with Crippen molar-refractivity contribution >= 4 is 18.3 Å². The third-order valence-electron chi connectivity index (χ3n) is 2.54. The molecule has 1 aromatic carbocycles. The van der Waals surface area contributed by atoms with Crippen molar-refractivity contribution < 1.29 is 9.53 Å². The van der Waals surface area contributed by atoms with Crippen molar-refractivity contribution in [2.45, 2.75) is 19.3 Å². The second kappa shape index (κ2) is 12.0. The zero-order valence-electron chi connectivity index (χ0n) is 11.1. The van der Waals surface area contributed by atoms with Gasteiger partial charge in [-0.2, -0.15) is 0 Å². The number of ether oxygens (including phenoxy) is 1. The minimum Gasteiger partial charge on any atom is -0.381 e. The molecular formula is C14H23ClN2O2. The van der Waals surface area contributed by atoms with Crippen LogP contribution in [0.5, 0.6) is 0 Å². The summed E-state index contributed by atoms with van der Waals surface area (Å²) in [6.07, 6.45) is 2.18. The molecule has 0 heterocycles. The second-order valence-corrected chi connectivity index (χ2v) is 4.09. The van der Waals surface area contributed by atoms with Gasteiger partial charge in [0.1, 0.15) is 0 Å². The van der Waals surface area contributed by atoms with Gasteiger partial charge in [-0.15, -0.1) is 12.4 Å². The summed E-state index contributed by atoms with van der Waals surface area (Å²) < 4.78 is 5.49. The second-order valence-electron chi connectivity index (χ2n) is 4.09. The van der Waals surface area contributed by atoms with Crippen molar-refractivity contribution in [3.8, 4) is 0 Å². The van der Waals surface area contributed by atoms with Crippen molar-refractivity contribution in [2.75, 3.05) is 26.3 Å². The molecule has 0 atom stereocenters. The average Bonchev–Trinajstić information content (AvgIpc) is 2.41. The lowest BCUT2D eigenvalue weighted by atomic mass is 10.2. The first-order chi connectivity index (χ1) is 8.83. The lowest BCUT2D eigenvalue weighted by Gasteiger charge is -2.05. The monoisotopic (exact) mass is 286 g/mol. The summed E-state index contributed by atoms with van der Waals surface area (Å²) in [5.74, 6) is 0.0482. The molecular weight excluding hydrogens is 264 g/mol. The normalized spacial score (nSPS) is 9.74. The van der Waals surface area contributed by atoms with Gasteiger partial charge in [0.25, 0.3) is 0 Å². The quantitative estimate of drug-likeness (QED) is 0.677. The Morgan fingerprint density at radius 3 is 2.63 bits per heavy atom. The molecule has 0 aromatic heterocycles. The SMILES string of the molecule is Cl.NCCNC(=O)CCCOCCc1ccccc1. The lowest BCUT2D eigenvalue weighted by molar-refractivity contribution is -0.121. The molecule has 108 valence electrons. The van der Waals surface area contributed by atoms with Gasteiger partial charge in [0, 0.05) is 26.1 Å². The third kappa shape index (κ3) is 9.47. The maximum atomic E-state index is 11.2. The van der Waals surface area contributed by atoms with E-state index in [1.54, 1.807) is 0 Å². The van der Waals surface area contributed by atoms with Crippen LogP contribution in [0.25, 0.3) is 0 Å². The Hall–Kier alpha value is -1.10. The molecule has 0 bridgehead atoms. The number of benzene rings is 1. The molecule has 0 aliphatic carbocycles. The minimum absolute atomic E-state index is 0. The number of carbonyl (C=O) groups is 1. The van der Waals surface area contributed by atoms with Crippen LogP contribution in [0.3, 0.4) is 0 Å². The van der Waals surface area contributed by atoms with Crippen molar-refractivity contribution in [1.82, 2.24) is 5.32 Å². The zero-order valence-corrected chi connectivity index (χ0v) is 12.0. The van der Waals surface area contributed by atoms with Gasteiger partial charge in [-0.05, 0) is 18.4 Å². The van der Waals surface area contributed by atoms with Crippen LogP contribution in [-0.4, -0.2) is 32.2 Å². The van der Waals surface area contributed by atoms with E-state index in [0.29, 0.717) is 32.7 Å². The summed E-state index contributed by atoms with van der Waals surface area (Å²) >= 11 is 0. The Labute approximate surface area is 121 Å². The maximum absolute atomic E-state index is 11.2.